The number of nitrogens with one attached hydrogen (secondary N) is 1. The van der Waals surface area contributed by atoms with Gasteiger partial charge in [-0.15, -0.1) is 5.10 Å². The van der Waals surface area contributed by atoms with Crippen LogP contribution in [0.3, 0.4) is 0 Å². The lowest BCUT2D eigenvalue weighted by atomic mass is 10.2. The first-order valence-corrected chi connectivity index (χ1v) is 8.80. The summed E-state index contributed by atoms with van der Waals surface area (Å²) in [6.45, 7) is 0.668. The maximum Gasteiger partial charge on any atom is 0.263 e. The summed E-state index contributed by atoms with van der Waals surface area (Å²) in [5.74, 6) is 0.221. The molecule has 1 atom stereocenters. The number of nitrogens with two attached hydrogens (primary N) is 1. The molecule has 0 radical (unpaired) electrons. The Labute approximate surface area is 163 Å². The summed E-state index contributed by atoms with van der Waals surface area (Å²) in [4.78, 5) is 25.1. The molecule has 1 aliphatic heterocycles. The number of amides is 1. The van der Waals surface area contributed by atoms with Crippen molar-refractivity contribution in [3.8, 4) is 5.75 Å². The van der Waals surface area contributed by atoms with Crippen LogP contribution in [0.4, 0.5) is 15.9 Å². The van der Waals surface area contributed by atoms with Crippen LogP contribution in [0.15, 0.2) is 43.2 Å². The molecular weight excluding hydrogens is 379 g/mol. The van der Waals surface area contributed by atoms with Crippen LogP contribution in [0.1, 0.15) is 16.2 Å². The summed E-state index contributed by atoms with van der Waals surface area (Å²) in [7, 11) is 0. The Kier molecular flexibility index (Phi) is 3.86. The summed E-state index contributed by atoms with van der Waals surface area (Å²) < 4.78 is 22.6. The van der Waals surface area contributed by atoms with Gasteiger partial charge >= 0.3 is 0 Å². The zero-order chi connectivity index (χ0) is 20.0. The van der Waals surface area contributed by atoms with Gasteiger partial charge in [-0.2, -0.15) is 0 Å². The third-order valence-corrected chi connectivity index (χ3v) is 4.63. The van der Waals surface area contributed by atoms with Crippen molar-refractivity contribution in [1.29, 1.82) is 0 Å². The molecule has 5 rings (SSSR count). The second kappa shape index (κ2) is 6.55. The number of imidazole rings is 1. The first kappa shape index (κ1) is 17.1. The minimum atomic E-state index is -0.591. The Morgan fingerprint density at radius 1 is 1.31 bits per heavy atom. The van der Waals surface area contributed by atoms with E-state index in [1.807, 2.05) is 10.8 Å². The van der Waals surface area contributed by atoms with E-state index in [1.165, 1.54) is 6.20 Å². The van der Waals surface area contributed by atoms with E-state index in [0.717, 1.165) is 22.7 Å². The number of carbonyl (C=O) groups is 1. The molecule has 29 heavy (non-hydrogen) atoms. The van der Waals surface area contributed by atoms with Crippen molar-refractivity contribution in [3.63, 3.8) is 0 Å². The summed E-state index contributed by atoms with van der Waals surface area (Å²) in [5, 5.41) is 6.67. The van der Waals surface area contributed by atoms with Crippen molar-refractivity contribution in [2.24, 2.45) is 0 Å². The number of hydrogen-bond donors (Lipinski definition) is 2. The van der Waals surface area contributed by atoms with E-state index < -0.39 is 11.7 Å². The molecule has 4 aromatic heterocycles. The number of hydrogen-bond acceptors (Lipinski definition) is 7. The number of nitrogen functional groups attached to an aromatic ring is 1. The van der Waals surface area contributed by atoms with Gasteiger partial charge in [0.15, 0.2) is 17.3 Å². The zero-order valence-electron chi connectivity index (χ0n) is 15.0. The second-order valence-corrected chi connectivity index (χ2v) is 6.57. The molecular formula is C18H15FN8O2. The Morgan fingerprint density at radius 2 is 2.21 bits per heavy atom. The predicted molar refractivity (Wildman–Crippen MR) is 99.9 cm³/mol. The van der Waals surface area contributed by atoms with Crippen LogP contribution >= 0.6 is 0 Å². The molecule has 1 unspecified atom stereocenters. The number of halogens is 1. The van der Waals surface area contributed by atoms with Crippen molar-refractivity contribution in [3.05, 3.63) is 60.5 Å². The third-order valence-electron chi connectivity index (χ3n) is 4.63. The lowest BCUT2D eigenvalue weighted by molar-refractivity contribution is 0.102. The first-order chi connectivity index (χ1) is 14.1. The Bertz CT molecular complexity index is 1210. The van der Waals surface area contributed by atoms with Crippen molar-refractivity contribution >= 4 is 23.1 Å². The molecule has 0 spiro atoms. The summed E-state index contributed by atoms with van der Waals surface area (Å²) in [5.41, 5.74) is 6.42. The van der Waals surface area contributed by atoms with Crippen LogP contribution in [-0.2, 0) is 13.0 Å². The average molecular weight is 394 g/mol. The van der Waals surface area contributed by atoms with Gasteiger partial charge in [0, 0.05) is 31.1 Å². The molecule has 0 aromatic carbocycles. The average Bonchev–Trinajstić information content (AvgIpc) is 3.35. The van der Waals surface area contributed by atoms with E-state index in [-0.39, 0.29) is 23.1 Å². The van der Waals surface area contributed by atoms with E-state index in [4.69, 9.17) is 10.5 Å². The molecule has 0 saturated heterocycles. The highest BCUT2D eigenvalue weighted by Gasteiger charge is 2.25. The standard InChI is InChI=1S/C18H15FN8O2/c19-10-6-23-17-15(16(20)25-27(17)8-10)18(28)24-12-7-21-2-1-13(12)29-11-5-14-22-3-4-26(14)9-11/h1-4,6-8,11H,5,9H2,(H2,20,25)(H,24,28). The van der Waals surface area contributed by atoms with E-state index in [2.05, 4.69) is 25.4 Å². The third kappa shape index (κ3) is 3.02. The van der Waals surface area contributed by atoms with Crippen molar-refractivity contribution in [2.75, 3.05) is 11.1 Å². The largest absolute Gasteiger partial charge is 0.486 e. The number of carbonyl (C=O) groups excluding carboxylic acids is 1. The molecule has 3 N–H and O–H groups in total. The maximum absolute atomic E-state index is 13.4. The molecule has 0 fully saturated rings. The Morgan fingerprint density at radius 3 is 3.07 bits per heavy atom. The van der Waals surface area contributed by atoms with E-state index in [1.54, 1.807) is 18.5 Å². The van der Waals surface area contributed by atoms with Gasteiger partial charge < -0.3 is 20.4 Å². The molecule has 5 heterocycles. The van der Waals surface area contributed by atoms with E-state index in [9.17, 15) is 9.18 Å². The number of ether oxygens (including phenoxy) is 1. The van der Waals surface area contributed by atoms with Crippen LogP contribution in [0, 0.1) is 5.82 Å². The van der Waals surface area contributed by atoms with Crippen molar-refractivity contribution in [2.45, 2.75) is 19.1 Å². The molecule has 0 saturated carbocycles. The molecule has 1 amide bonds. The number of fused-ring (bicyclic) bond motifs is 2. The van der Waals surface area contributed by atoms with Crippen LogP contribution in [0.25, 0.3) is 5.65 Å². The molecule has 10 nitrogen and oxygen atoms in total. The van der Waals surface area contributed by atoms with Gasteiger partial charge in [0.25, 0.3) is 5.91 Å². The normalized spacial score (nSPS) is 15.4. The number of rotatable bonds is 4. The second-order valence-electron chi connectivity index (χ2n) is 6.57. The number of pyridine rings is 1. The van der Waals surface area contributed by atoms with Crippen LogP contribution < -0.4 is 15.8 Å². The van der Waals surface area contributed by atoms with Crippen LogP contribution in [0.5, 0.6) is 5.75 Å². The molecule has 11 heteroatoms. The number of nitrogens with zero attached hydrogens (tertiary/aromatic N) is 6. The van der Waals surface area contributed by atoms with Gasteiger partial charge in [-0.05, 0) is 0 Å². The minimum Gasteiger partial charge on any atom is -0.486 e. The van der Waals surface area contributed by atoms with Crippen LogP contribution in [0.2, 0.25) is 0 Å². The Balaban J connectivity index is 1.39. The highest BCUT2D eigenvalue weighted by Crippen LogP contribution is 2.28. The van der Waals surface area contributed by atoms with Gasteiger partial charge in [0.1, 0.15) is 28.9 Å². The first-order valence-electron chi connectivity index (χ1n) is 8.80. The fraction of sp³-hybridized carbons (Fsp3) is 0.167. The fourth-order valence-corrected chi connectivity index (χ4v) is 3.35. The monoisotopic (exact) mass is 394 g/mol. The van der Waals surface area contributed by atoms with Crippen LogP contribution in [-0.4, -0.2) is 41.1 Å². The number of aromatic nitrogens is 6. The maximum atomic E-state index is 13.4. The SMILES string of the molecule is Nc1nn2cc(F)cnc2c1C(=O)Nc1cnccc1OC1Cc2nccn2C1. The quantitative estimate of drug-likeness (QED) is 0.534. The van der Waals surface area contributed by atoms with Gasteiger partial charge in [0.05, 0.1) is 25.1 Å². The summed E-state index contributed by atoms with van der Waals surface area (Å²) in [6.07, 6.45) is 9.36. The van der Waals surface area contributed by atoms with E-state index in [0.29, 0.717) is 24.4 Å². The molecule has 4 aromatic rings. The van der Waals surface area contributed by atoms with Crippen molar-refractivity contribution in [1.82, 2.24) is 29.1 Å². The highest BCUT2D eigenvalue weighted by molar-refractivity contribution is 6.11. The lowest BCUT2D eigenvalue weighted by Gasteiger charge is -2.16. The predicted octanol–water partition coefficient (Wildman–Crippen LogP) is 1.30. The topological polar surface area (TPSA) is 125 Å². The van der Waals surface area contributed by atoms with Gasteiger partial charge in [-0.1, -0.05) is 0 Å². The lowest BCUT2D eigenvalue weighted by Crippen LogP contribution is -2.20. The molecule has 146 valence electrons. The fourth-order valence-electron chi connectivity index (χ4n) is 3.35. The zero-order valence-corrected chi connectivity index (χ0v) is 15.0. The minimum absolute atomic E-state index is 0.0424. The number of anilines is 2. The van der Waals surface area contributed by atoms with Gasteiger partial charge in [-0.25, -0.2) is 18.9 Å². The van der Waals surface area contributed by atoms with Gasteiger partial charge in [-0.3, -0.25) is 9.78 Å². The van der Waals surface area contributed by atoms with Gasteiger partial charge in [0.2, 0.25) is 0 Å². The molecule has 0 aliphatic carbocycles. The van der Waals surface area contributed by atoms with Crippen molar-refractivity contribution < 1.29 is 13.9 Å². The summed E-state index contributed by atoms with van der Waals surface area (Å²) >= 11 is 0. The highest BCUT2D eigenvalue weighted by atomic mass is 19.1. The smallest absolute Gasteiger partial charge is 0.263 e. The molecule has 0 bridgehead atoms. The summed E-state index contributed by atoms with van der Waals surface area (Å²) in [6, 6.07) is 1.67. The molecule has 1 aliphatic rings. The Hall–Kier alpha value is -4.02. The van der Waals surface area contributed by atoms with E-state index >= 15 is 0 Å².